The molecular weight excluding hydrogens is 588 g/mol. The fourth-order valence-electron chi connectivity index (χ4n) is 3.04. The zero-order valence-electron chi connectivity index (χ0n) is 27.0. The van der Waals surface area contributed by atoms with Gasteiger partial charge in [0, 0.05) is 18.7 Å². The molecule has 5 amide bonds. The van der Waals surface area contributed by atoms with Crippen LogP contribution in [0.1, 0.15) is 59.4 Å². The normalized spacial score (nSPS) is 11.2. The number of esters is 1. The SMILES string of the molecule is CC(C)OC(=O)CNC(=O)OCc1ccc(NC(=O)C(CCCNC(N)=O)NC(=O)C(N)C(C)C)cc1.CCC(=O)C=[NH2+].CN. The van der Waals surface area contributed by atoms with Gasteiger partial charge in [0.15, 0.2) is 0 Å². The Labute approximate surface area is 264 Å². The highest BCUT2D eigenvalue weighted by Gasteiger charge is 2.25. The van der Waals surface area contributed by atoms with Crippen molar-refractivity contribution in [3.05, 3.63) is 29.8 Å². The van der Waals surface area contributed by atoms with Gasteiger partial charge in [-0.05, 0) is 57.4 Å². The van der Waals surface area contributed by atoms with Crippen LogP contribution in [0.5, 0.6) is 0 Å². The topological polar surface area (TPSA) is 273 Å². The molecular formula is C29H51N8O8+. The summed E-state index contributed by atoms with van der Waals surface area (Å²) in [6, 6.07) is 4.17. The van der Waals surface area contributed by atoms with Crippen LogP contribution in [0, 0.1) is 5.92 Å². The molecule has 0 radical (unpaired) electrons. The first-order valence-electron chi connectivity index (χ1n) is 14.4. The monoisotopic (exact) mass is 639 g/mol. The number of carbonyl (C=O) groups is 6. The molecule has 0 aliphatic carbocycles. The number of hydrogen-bond donors (Lipinski definition) is 8. The number of nitrogens with two attached hydrogens (primary N) is 4. The van der Waals surface area contributed by atoms with E-state index in [0.29, 0.717) is 24.1 Å². The third-order valence-corrected chi connectivity index (χ3v) is 5.49. The van der Waals surface area contributed by atoms with Gasteiger partial charge in [-0.3, -0.25) is 24.6 Å². The predicted molar refractivity (Wildman–Crippen MR) is 169 cm³/mol. The summed E-state index contributed by atoms with van der Waals surface area (Å²) in [6.45, 7) is 8.64. The summed E-state index contributed by atoms with van der Waals surface area (Å²) >= 11 is 0. The van der Waals surface area contributed by atoms with E-state index in [-0.39, 0.29) is 43.9 Å². The molecule has 2 unspecified atom stereocenters. The highest BCUT2D eigenvalue weighted by molar-refractivity contribution is 6.24. The fourth-order valence-corrected chi connectivity index (χ4v) is 3.04. The minimum Gasteiger partial charge on any atom is -0.462 e. The van der Waals surface area contributed by atoms with Gasteiger partial charge in [0.25, 0.3) is 0 Å². The van der Waals surface area contributed by atoms with Crippen LogP contribution >= 0.6 is 0 Å². The van der Waals surface area contributed by atoms with Crippen molar-refractivity contribution < 1.29 is 43.7 Å². The third-order valence-electron chi connectivity index (χ3n) is 5.49. The standard InChI is InChI=1S/C24H38N6O7.C4H7NO.CH5N/c1-14(2)20(25)22(33)30-18(6-5-11-27-23(26)34)21(32)29-17-9-7-16(8-10-17)13-36-24(35)28-12-19(31)37-15(3)4;1-2-4(6)3-5;1-2/h7-10,14-15,18,20H,5-6,11-13,25H2,1-4H3,(H,28,35)(H,29,32)(H,30,33)(H3,26,27,34);3,5H,2H2,1H3;2H2,1H3/p+1. The van der Waals surface area contributed by atoms with Crippen molar-refractivity contribution in [1.82, 2.24) is 16.0 Å². The number of carbonyl (C=O) groups excluding carboxylic acids is 6. The van der Waals surface area contributed by atoms with E-state index in [1.54, 1.807) is 58.9 Å². The number of ether oxygens (including phenoxy) is 2. The molecule has 45 heavy (non-hydrogen) atoms. The highest BCUT2D eigenvalue weighted by atomic mass is 16.6. The lowest BCUT2D eigenvalue weighted by atomic mass is 10.0. The van der Waals surface area contributed by atoms with Crippen LogP contribution in [0.2, 0.25) is 0 Å². The summed E-state index contributed by atoms with van der Waals surface area (Å²) in [6.07, 6.45) is 1.17. The van der Waals surface area contributed by atoms with E-state index in [9.17, 15) is 28.8 Å². The van der Waals surface area contributed by atoms with Crippen LogP contribution in [-0.4, -0.2) is 80.2 Å². The second kappa shape index (κ2) is 24.8. The Kier molecular flexibility index (Phi) is 23.5. The molecule has 0 aliphatic heterocycles. The van der Waals surface area contributed by atoms with E-state index in [4.69, 9.17) is 26.4 Å². The van der Waals surface area contributed by atoms with Gasteiger partial charge in [0.05, 0.1) is 12.1 Å². The lowest BCUT2D eigenvalue weighted by Crippen LogP contribution is -2.51. The van der Waals surface area contributed by atoms with Crippen LogP contribution in [-0.2, 0) is 35.3 Å². The first kappa shape index (κ1) is 42.6. The van der Waals surface area contributed by atoms with Crippen LogP contribution in [0.3, 0.4) is 0 Å². The van der Waals surface area contributed by atoms with Crippen LogP contribution in [0.4, 0.5) is 15.3 Å². The largest absolute Gasteiger partial charge is 0.462 e. The van der Waals surface area contributed by atoms with E-state index in [0.717, 1.165) is 6.21 Å². The van der Waals surface area contributed by atoms with Crippen LogP contribution < -0.4 is 43.9 Å². The molecule has 2 atom stereocenters. The van der Waals surface area contributed by atoms with Crippen molar-refractivity contribution >= 4 is 47.6 Å². The number of alkyl carbamates (subject to hydrolysis) is 1. The molecule has 0 saturated carbocycles. The number of hydrogen-bond acceptors (Lipinski definition) is 10. The molecule has 0 aromatic heterocycles. The number of nitrogens with one attached hydrogen (secondary N) is 4. The number of Topliss-reactive ketones (excluding diaryl/α,β-unsaturated/α-hetero) is 1. The molecule has 0 heterocycles. The lowest BCUT2D eigenvalue weighted by Gasteiger charge is -2.22. The number of amides is 5. The molecule has 16 heteroatoms. The smallest absolute Gasteiger partial charge is 0.407 e. The van der Waals surface area contributed by atoms with Crippen molar-refractivity contribution in [2.45, 2.75) is 78.7 Å². The van der Waals surface area contributed by atoms with Gasteiger partial charge in [-0.25, -0.2) is 9.59 Å². The molecule has 1 aromatic carbocycles. The van der Waals surface area contributed by atoms with Gasteiger partial charge in [-0.2, -0.15) is 0 Å². The van der Waals surface area contributed by atoms with E-state index in [2.05, 4.69) is 27.0 Å². The highest BCUT2D eigenvalue weighted by Crippen LogP contribution is 2.12. The summed E-state index contributed by atoms with van der Waals surface area (Å²) in [4.78, 5) is 69.3. The van der Waals surface area contributed by atoms with Crippen molar-refractivity contribution in [2.75, 3.05) is 25.5 Å². The van der Waals surface area contributed by atoms with Gasteiger partial charge in [0.1, 0.15) is 19.2 Å². The second-order valence-electron chi connectivity index (χ2n) is 9.91. The predicted octanol–water partition coefficient (Wildman–Crippen LogP) is -0.910. The third kappa shape index (κ3) is 21.7. The minimum absolute atomic E-state index is 0.00463. The average Bonchev–Trinajstić information content (AvgIpc) is 3.00. The van der Waals surface area contributed by atoms with Gasteiger partial charge < -0.3 is 47.9 Å². The number of primary amides is 1. The maximum absolute atomic E-state index is 12.9. The Morgan fingerprint density at radius 2 is 1.56 bits per heavy atom. The van der Waals surface area contributed by atoms with E-state index in [1.807, 2.05) is 0 Å². The first-order chi connectivity index (χ1) is 21.2. The maximum Gasteiger partial charge on any atom is 0.407 e. The minimum atomic E-state index is -0.888. The Morgan fingerprint density at radius 3 is 2.02 bits per heavy atom. The average molecular weight is 640 g/mol. The fraction of sp³-hybridized carbons (Fsp3) is 0.552. The molecule has 1 aromatic rings. The number of anilines is 1. The molecule has 12 N–H and O–H groups in total. The number of ketones is 1. The van der Waals surface area contributed by atoms with E-state index >= 15 is 0 Å². The quantitative estimate of drug-likeness (QED) is 0.0626. The Hall–Kier alpha value is -4.57. The van der Waals surface area contributed by atoms with Crippen LogP contribution in [0.25, 0.3) is 0 Å². The number of rotatable bonds is 16. The summed E-state index contributed by atoms with van der Waals surface area (Å²) in [7, 11) is 1.50. The molecule has 0 aliphatic rings. The summed E-state index contributed by atoms with van der Waals surface area (Å²) in [5, 5.41) is 14.9. The second-order valence-corrected chi connectivity index (χ2v) is 9.91. The van der Waals surface area contributed by atoms with Gasteiger partial charge in [-0.15, -0.1) is 0 Å². The molecule has 0 fully saturated rings. The van der Waals surface area contributed by atoms with Gasteiger partial charge >= 0.3 is 18.1 Å². The first-order valence-corrected chi connectivity index (χ1v) is 14.4. The van der Waals surface area contributed by atoms with Crippen molar-refractivity contribution in [2.24, 2.45) is 23.1 Å². The Bertz CT molecular complexity index is 1080. The number of benzene rings is 1. The summed E-state index contributed by atoms with van der Waals surface area (Å²) < 4.78 is 9.97. The number of urea groups is 1. The molecule has 0 saturated heterocycles. The Balaban J connectivity index is 0. The Morgan fingerprint density at radius 1 is 0.956 bits per heavy atom. The lowest BCUT2D eigenvalue weighted by molar-refractivity contribution is -0.146. The summed E-state index contributed by atoms with van der Waals surface area (Å²) in [5.41, 5.74) is 16.5. The molecule has 0 spiro atoms. The van der Waals surface area contributed by atoms with Crippen molar-refractivity contribution in [1.29, 1.82) is 0 Å². The molecule has 0 bridgehead atoms. The van der Waals surface area contributed by atoms with E-state index < -0.39 is 42.0 Å². The van der Waals surface area contributed by atoms with Gasteiger partial charge in [-0.1, -0.05) is 32.9 Å². The zero-order chi connectivity index (χ0) is 34.9. The van der Waals surface area contributed by atoms with Crippen molar-refractivity contribution in [3.8, 4) is 0 Å². The zero-order valence-corrected chi connectivity index (χ0v) is 27.0. The summed E-state index contributed by atoms with van der Waals surface area (Å²) in [5.74, 6) is -1.61. The molecule has 1 rings (SSSR count). The molecule has 254 valence electrons. The van der Waals surface area contributed by atoms with Gasteiger partial charge in [0.2, 0.25) is 23.8 Å². The van der Waals surface area contributed by atoms with Crippen molar-refractivity contribution in [3.63, 3.8) is 0 Å². The van der Waals surface area contributed by atoms with Crippen LogP contribution in [0.15, 0.2) is 24.3 Å². The maximum atomic E-state index is 12.9. The van der Waals surface area contributed by atoms with E-state index in [1.165, 1.54) is 7.05 Å². The molecule has 16 nitrogen and oxygen atoms in total.